The van der Waals surface area contributed by atoms with Gasteiger partial charge < -0.3 is 9.72 Å². The lowest BCUT2D eigenvalue weighted by molar-refractivity contribution is 0.103. The van der Waals surface area contributed by atoms with Crippen LogP contribution in [-0.4, -0.2) is 54.8 Å². The number of alkyl halides is 1. The van der Waals surface area contributed by atoms with E-state index < -0.39 is 33.5 Å². The second kappa shape index (κ2) is 8.17. The summed E-state index contributed by atoms with van der Waals surface area (Å²) in [7, 11) is -2.92. The fourth-order valence-electron chi connectivity index (χ4n) is 3.47. The third-order valence-corrected chi connectivity index (χ3v) is 6.88. The first-order chi connectivity index (χ1) is 14.7. The fourth-order valence-corrected chi connectivity index (χ4v) is 5.08. The summed E-state index contributed by atoms with van der Waals surface area (Å²) in [4.78, 5) is 20.2. The maximum Gasteiger partial charge on any atom is 0.301 e. The molecule has 0 aliphatic carbocycles. The van der Waals surface area contributed by atoms with E-state index >= 15 is 0 Å². The Kier molecular flexibility index (Phi) is 5.71. The quantitative estimate of drug-likeness (QED) is 0.490. The minimum Gasteiger partial charge on any atom is -0.494 e. The number of rotatable bonds is 6. The van der Waals surface area contributed by atoms with Gasteiger partial charge in [-0.1, -0.05) is 0 Å². The molecule has 8 nitrogen and oxygen atoms in total. The summed E-state index contributed by atoms with van der Waals surface area (Å²) in [5.74, 6) is -1.87. The van der Waals surface area contributed by atoms with E-state index in [4.69, 9.17) is 4.74 Å². The molecule has 0 spiro atoms. The van der Waals surface area contributed by atoms with Crippen LogP contribution in [0.4, 0.5) is 14.5 Å². The topological polar surface area (TPSA) is 104 Å². The van der Waals surface area contributed by atoms with Crippen LogP contribution in [0.15, 0.2) is 35.1 Å². The van der Waals surface area contributed by atoms with E-state index in [1.165, 1.54) is 13.3 Å². The molecule has 0 amide bonds. The molecule has 3 heterocycles. The number of halogens is 3. The highest BCUT2D eigenvalue weighted by molar-refractivity contribution is 9.10. The molecular formula is C19H17BrF2N4O4S. The van der Waals surface area contributed by atoms with E-state index in [1.54, 1.807) is 12.3 Å². The van der Waals surface area contributed by atoms with Gasteiger partial charge in [-0.05, 0) is 40.5 Å². The number of methoxy groups -OCH3 is 1. The van der Waals surface area contributed by atoms with Crippen molar-refractivity contribution < 1.29 is 26.7 Å². The largest absolute Gasteiger partial charge is 0.494 e. The monoisotopic (exact) mass is 514 g/mol. The third-order valence-electron chi connectivity index (χ3n) is 4.95. The number of ether oxygens (including phenoxy) is 1. The molecule has 4 rings (SSSR count). The Morgan fingerprint density at radius 2 is 2.19 bits per heavy atom. The van der Waals surface area contributed by atoms with Crippen molar-refractivity contribution in [3.8, 4) is 5.75 Å². The van der Waals surface area contributed by atoms with Crippen LogP contribution in [0.5, 0.6) is 5.75 Å². The number of anilines is 1. The molecule has 1 aliphatic rings. The molecule has 12 heteroatoms. The summed E-state index contributed by atoms with van der Waals surface area (Å²) >= 11 is 3.29. The molecule has 1 aliphatic heterocycles. The number of hydrogen-bond donors (Lipinski definition) is 2. The number of nitrogens with one attached hydrogen (secondary N) is 2. The number of aromatic amines is 1. The second-order valence-electron chi connectivity index (χ2n) is 6.94. The number of H-pyrrole nitrogens is 1. The number of hydrogen-bond acceptors (Lipinski definition) is 5. The molecule has 1 aromatic carbocycles. The van der Waals surface area contributed by atoms with Crippen LogP contribution >= 0.6 is 15.9 Å². The molecule has 1 atom stereocenters. The van der Waals surface area contributed by atoms with Gasteiger partial charge in [-0.2, -0.15) is 12.7 Å². The lowest BCUT2D eigenvalue weighted by Gasteiger charge is -2.19. The molecule has 0 bridgehead atoms. The van der Waals surface area contributed by atoms with Gasteiger partial charge >= 0.3 is 10.2 Å². The first kappa shape index (κ1) is 21.7. The smallest absolute Gasteiger partial charge is 0.301 e. The number of nitrogens with zero attached hydrogens (tertiary/aromatic N) is 2. The summed E-state index contributed by atoms with van der Waals surface area (Å²) in [5, 5.41) is 0.456. The number of carbonyl (C=O) groups excluding carboxylic acids is 1. The summed E-state index contributed by atoms with van der Waals surface area (Å²) in [6.07, 6.45) is 1.78. The van der Waals surface area contributed by atoms with Gasteiger partial charge in [-0.3, -0.25) is 9.52 Å². The zero-order valence-electron chi connectivity index (χ0n) is 16.2. The predicted molar refractivity (Wildman–Crippen MR) is 114 cm³/mol. The minimum absolute atomic E-state index is 0.0169. The summed E-state index contributed by atoms with van der Waals surface area (Å²) in [6, 6.07) is 3.78. The van der Waals surface area contributed by atoms with Crippen LogP contribution < -0.4 is 9.46 Å². The SMILES string of the molecule is COc1c(NS(=O)(=O)N2CC[C@@H](F)C2)ccc(F)c1C(=O)c1c[nH]c2ncc(Br)cc12. The number of ketones is 1. The van der Waals surface area contributed by atoms with Gasteiger partial charge in [-0.25, -0.2) is 13.8 Å². The normalized spacial score (nSPS) is 17.2. The molecule has 0 radical (unpaired) electrons. The van der Waals surface area contributed by atoms with Gasteiger partial charge in [-0.15, -0.1) is 0 Å². The van der Waals surface area contributed by atoms with Crippen molar-refractivity contribution in [2.75, 3.05) is 24.9 Å². The zero-order valence-corrected chi connectivity index (χ0v) is 18.6. The molecule has 31 heavy (non-hydrogen) atoms. The highest BCUT2D eigenvalue weighted by atomic mass is 79.9. The van der Waals surface area contributed by atoms with E-state index in [9.17, 15) is 22.0 Å². The summed E-state index contributed by atoms with van der Waals surface area (Å²) in [6.45, 7) is -0.259. The molecule has 164 valence electrons. The first-order valence-electron chi connectivity index (χ1n) is 9.17. The van der Waals surface area contributed by atoms with Gasteiger partial charge in [0.1, 0.15) is 23.2 Å². The van der Waals surface area contributed by atoms with Crippen LogP contribution in [0, 0.1) is 5.82 Å². The molecule has 0 saturated carbocycles. The van der Waals surface area contributed by atoms with Gasteiger partial charge in [0.25, 0.3) is 0 Å². The van der Waals surface area contributed by atoms with Crippen molar-refractivity contribution in [3.05, 3.63) is 52.0 Å². The van der Waals surface area contributed by atoms with E-state index in [2.05, 4.69) is 30.6 Å². The second-order valence-corrected chi connectivity index (χ2v) is 9.52. The zero-order chi connectivity index (χ0) is 22.3. The first-order valence-corrected chi connectivity index (χ1v) is 11.4. The number of aromatic nitrogens is 2. The van der Waals surface area contributed by atoms with Crippen LogP contribution in [0.3, 0.4) is 0 Å². The molecule has 2 N–H and O–H groups in total. The van der Waals surface area contributed by atoms with Crippen molar-refractivity contribution in [2.24, 2.45) is 0 Å². The maximum atomic E-state index is 14.8. The van der Waals surface area contributed by atoms with Gasteiger partial charge in [0.15, 0.2) is 5.75 Å². The van der Waals surface area contributed by atoms with Crippen molar-refractivity contribution in [2.45, 2.75) is 12.6 Å². The maximum absolute atomic E-state index is 14.8. The minimum atomic E-state index is -4.12. The number of carbonyl (C=O) groups is 1. The van der Waals surface area contributed by atoms with Crippen molar-refractivity contribution in [1.82, 2.24) is 14.3 Å². The Morgan fingerprint density at radius 1 is 1.42 bits per heavy atom. The van der Waals surface area contributed by atoms with Gasteiger partial charge in [0, 0.05) is 40.9 Å². The average molecular weight is 515 g/mol. The molecule has 0 unspecified atom stereocenters. The molecule has 1 saturated heterocycles. The van der Waals surface area contributed by atoms with Crippen LogP contribution in [0.1, 0.15) is 22.3 Å². The van der Waals surface area contributed by atoms with Crippen molar-refractivity contribution in [1.29, 1.82) is 0 Å². The Bertz CT molecular complexity index is 1280. The van der Waals surface area contributed by atoms with E-state index in [1.807, 2.05) is 0 Å². The Hall–Kier alpha value is -2.57. The van der Waals surface area contributed by atoms with Crippen LogP contribution in [0.2, 0.25) is 0 Å². The molecular weight excluding hydrogens is 498 g/mol. The van der Waals surface area contributed by atoms with E-state index in [0.717, 1.165) is 16.4 Å². The Morgan fingerprint density at radius 3 is 2.87 bits per heavy atom. The van der Waals surface area contributed by atoms with E-state index in [-0.39, 0.29) is 36.5 Å². The van der Waals surface area contributed by atoms with Gasteiger partial charge in [0.05, 0.1) is 12.8 Å². The standard InChI is InChI=1S/C19H17BrF2N4O4S/c1-30-18-15(25-31(28,29)26-5-4-11(21)9-26)3-2-14(22)16(18)17(27)13-8-24-19-12(13)6-10(20)7-23-19/h2-3,6-8,11,25H,4-5,9H2,1H3,(H,23,24)/t11-/m1/s1. The molecule has 2 aromatic heterocycles. The lowest BCUT2D eigenvalue weighted by Crippen LogP contribution is -2.34. The average Bonchev–Trinajstić information content (AvgIpc) is 3.34. The fraction of sp³-hybridized carbons (Fsp3) is 0.263. The van der Waals surface area contributed by atoms with Crippen LogP contribution in [0.25, 0.3) is 11.0 Å². The lowest BCUT2D eigenvalue weighted by atomic mass is 10.0. The van der Waals surface area contributed by atoms with Gasteiger partial charge in [0.2, 0.25) is 5.78 Å². The summed E-state index contributed by atoms with van der Waals surface area (Å²) in [5.41, 5.74) is 0.000448. The van der Waals surface area contributed by atoms with E-state index in [0.29, 0.717) is 15.5 Å². The number of pyridine rings is 1. The Labute approximate surface area is 184 Å². The number of benzene rings is 1. The van der Waals surface area contributed by atoms with Crippen molar-refractivity contribution >= 4 is 48.6 Å². The molecule has 1 fully saturated rings. The highest BCUT2D eigenvalue weighted by Crippen LogP contribution is 2.35. The predicted octanol–water partition coefficient (Wildman–Crippen LogP) is 3.40. The number of fused-ring (bicyclic) bond motifs is 1. The third kappa shape index (κ3) is 4.02. The summed E-state index contributed by atoms with van der Waals surface area (Å²) < 4.78 is 62.5. The van der Waals surface area contributed by atoms with Crippen LogP contribution in [-0.2, 0) is 10.2 Å². The Balaban J connectivity index is 1.76. The highest BCUT2D eigenvalue weighted by Gasteiger charge is 2.33. The van der Waals surface area contributed by atoms with Crippen molar-refractivity contribution in [3.63, 3.8) is 0 Å². The molecule has 3 aromatic rings.